The molecule has 4 rings (SSSR count). The summed E-state index contributed by atoms with van der Waals surface area (Å²) in [6, 6.07) is 7.71. The average molecular weight is 394 g/mol. The molecule has 156 valence electrons. The maximum atomic E-state index is 6.59. The van der Waals surface area contributed by atoms with Gasteiger partial charge in [0, 0.05) is 19.1 Å². The van der Waals surface area contributed by atoms with Crippen LogP contribution in [0.2, 0.25) is 0 Å². The highest BCUT2D eigenvalue weighted by molar-refractivity contribution is 5.30. The van der Waals surface area contributed by atoms with Gasteiger partial charge in [0.2, 0.25) is 0 Å². The Balaban J connectivity index is 1.68. The Hall–Kier alpha value is -1.22. The van der Waals surface area contributed by atoms with Crippen molar-refractivity contribution in [2.24, 2.45) is 0 Å². The lowest BCUT2D eigenvalue weighted by Gasteiger charge is -2.45. The molecule has 0 saturated carbocycles. The fourth-order valence-corrected chi connectivity index (χ4v) is 4.34. The number of rotatable bonds is 4. The molecule has 0 N–H and O–H groups in total. The van der Waals surface area contributed by atoms with E-state index in [2.05, 4.69) is 0 Å². The number of hydrogen-bond acceptors (Lipinski definition) is 7. The molecule has 28 heavy (non-hydrogen) atoms. The third kappa shape index (κ3) is 3.56. The molecule has 5 atom stereocenters. The second-order valence-electron chi connectivity index (χ2n) is 8.48. The first kappa shape index (κ1) is 20.1. The molecule has 1 aromatic rings. The van der Waals surface area contributed by atoms with Gasteiger partial charge in [-0.1, -0.05) is 0 Å². The highest BCUT2D eigenvalue weighted by Gasteiger charge is 2.59. The Labute approximate surface area is 166 Å². The molecule has 0 amide bonds. The van der Waals surface area contributed by atoms with Crippen molar-refractivity contribution in [1.29, 1.82) is 0 Å². The van der Waals surface area contributed by atoms with E-state index < -0.39 is 23.5 Å². The van der Waals surface area contributed by atoms with Gasteiger partial charge in [0.1, 0.15) is 24.1 Å². The first-order chi connectivity index (χ1) is 13.2. The van der Waals surface area contributed by atoms with Gasteiger partial charge in [0.15, 0.2) is 17.4 Å². The van der Waals surface area contributed by atoms with Gasteiger partial charge in [0.05, 0.1) is 19.8 Å². The molecule has 0 spiro atoms. The summed E-state index contributed by atoms with van der Waals surface area (Å²) in [7, 11) is 3.29. The van der Waals surface area contributed by atoms with Gasteiger partial charge >= 0.3 is 0 Å². The first-order valence-corrected chi connectivity index (χ1v) is 9.72. The van der Waals surface area contributed by atoms with Crippen LogP contribution in [0.1, 0.15) is 39.7 Å². The SMILES string of the molecule is COc1ccc([C@]2(OC)C[C@H]3OC(C)(C)O[C@H]3[C@@H]([C@H]3COC(C)(C)O3)O2)cc1. The summed E-state index contributed by atoms with van der Waals surface area (Å²) < 4.78 is 42.2. The lowest BCUT2D eigenvalue weighted by Crippen LogP contribution is -2.57. The van der Waals surface area contributed by atoms with Gasteiger partial charge in [0.25, 0.3) is 0 Å². The predicted molar refractivity (Wildman–Crippen MR) is 99.9 cm³/mol. The van der Waals surface area contributed by atoms with Crippen molar-refractivity contribution in [1.82, 2.24) is 0 Å². The van der Waals surface area contributed by atoms with E-state index >= 15 is 0 Å². The van der Waals surface area contributed by atoms with Gasteiger partial charge in [-0.05, 0) is 52.0 Å². The van der Waals surface area contributed by atoms with Crippen molar-refractivity contribution in [3.8, 4) is 5.75 Å². The number of benzene rings is 1. The van der Waals surface area contributed by atoms with E-state index in [1.54, 1.807) is 14.2 Å². The van der Waals surface area contributed by atoms with Crippen LogP contribution in [0.4, 0.5) is 0 Å². The Morgan fingerprint density at radius 2 is 1.46 bits per heavy atom. The normalized spacial score (nSPS) is 38.9. The fourth-order valence-electron chi connectivity index (χ4n) is 4.34. The molecule has 3 aliphatic heterocycles. The van der Waals surface area contributed by atoms with Crippen LogP contribution in [0.3, 0.4) is 0 Å². The van der Waals surface area contributed by atoms with E-state index in [0.717, 1.165) is 11.3 Å². The highest BCUT2D eigenvalue weighted by atomic mass is 16.8. The molecule has 0 radical (unpaired) electrons. The molecule has 0 bridgehead atoms. The lowest BCUT2D eigenvalue weighted by atomic mass is 9.89. The minimum atomic E-state index is -0.974. The molecule has 7 heteroatoms. The van der Waals surface area contributed by atoms with Gasteiger partial charge in [-0.2, -0.15) is 0 Å². The molecule has 0 aromatic heterocycles. The van der Waals surface area contributed by atoms with Crippen molar-refractivity contribution in [2.45, 2.75) is 75.9 Å². The van der Waals surface area contributed by atoms with E-state index in [1.807, 2.05) is 52.0 Å². The molecule has 3 heterocycles. The summed E-state index contributed by atoms with van der Waals surface area (Å²) in [5, 5.41) is 0. The molecule has 3 aliphatic rings. The Morgan fingerprint density at radius 3 is 2.04 bits per heavy atom. The van der Waals surface area contributed by atoms with Crippen LogP contribution in [0.25, 0.3) is 0 Å². The van der Waals surface area contributed by atoms with E-state index in [4.69, 9.17) is 33.2 Å². The van der Waals surface area contributed by atoms with Crippen molar-refractivity contribution >= 4 is 0 Å². The first-order valence-electron chi connectivity index (χ1n) is 9.72. The van der Waals surface area contributed by atoms with Crippen LogP contribution in [-0.2, 0) is 34.2 Å². The van der Waals surface area contributed by atoms with Crippen molar-refractivity contribution in [3.63, 3.8) is 0 Å². The van der Waals surface area contributed by atoms with Crippen LogP contribution < -0.4 is 4.74 Å². The highest BCUT2D eigenvalue weighted by Crippen LogP contribution is 2.48. The largest absolute Gasteiger partial charge is 0.497 e. The van der Waals surface area contributed by atoms with Crippen LogP contribution in [0.5, 0.6) is 5.75 Å². The summed E-state index contributed by atoms with van der Waals surface area (Å²) in [4.78, 5) is 0. The Kier molecular flexibility index (Phi) is 4.97. The third-order valence-electron chi connectivity index (χ3n) is 5.60. The van der Waals surface area contributed by atoms with E-state index in [9.17, 15) is 0 Å². The molecule has 0 unspecified atom stereocenters. The van der Waals surface area contributed by atoms with E-state index in [1.165, 1.54) is 0 Å². The number of ether oxygens (including phenoxy) is 7. The number of fused-ring (bicyclic) bond motifs is 1. The Bertz CT molecular complexity index is 701. The molecule has 3 fully saturated rings. The summed E-state index contributed by atoms with van der Waals surface area (Å²) >= 11 is 0. The zero-order valence-corrected chi connectivity index (χ0v) is 17.4. The zero-order valence-electron chi connectivity index (χ0n) is 17.4. The third-order valence-corrected chi connectivity index (χ3v) is 5.60. The quantitative estimate of drug-likeness (QED) is 0.778. The summed E-state index contributed by atoms with van der Waals surface area (Å²) in [6.45, 7) is 8.06. The van der Waals surface area contributed by atoms with Crippen LogP contribution in [0, 0.1) is 0 Å². The summed E-state index contributed by atoms with van der Waals surface area (Å²) in [5.74, 6) is -1.56. The number of methoxy groups -OCH3 is 2. The molecular formula is C21H30O7. The van der Waals surface area contributed by atoms with Gasteiger partial charge in [-0.25, -0.2) is 0 Å². The maximum absolute atomic E-state index is 6.59. The zero-order chi connectivity index (χ0) is 20.2. The van der Waals surface area contributed by atoms with Crippen LogP contribution in [0.15, 0.2) is 24.3 Å². The van der Waals surface area contributed by atoms with Gasteiger partial charge in [-0.15, -0.1) is 0 Å². The van der Waals surface area contributed by atoms with Crippen LogP contribution >= 0.6 is 0 Å². The predicted octanol–water partition coefficient (Wildman–Crippen LogP) is 2.95. The minimum Gasteiger partial charge on any atom is -0.497 e. The van der Waals surface area contributed by atoms with Crippen LogP contribution in [-0.4, -0.2) is 56.8 Å². The second kappa shape index (κ2) is 6.93. The standard InChI is InChI=1S/C21H30O7/c1-19(2)24-12-16(26-19)18-17-15(25-20(3,4)27-17)11-21(23-6,28-18)13-7-9-14(22-5)10-8-13/h7-10,15-18H,11-12H2,1-6H3/t15-,16-,17-,18-,21+/m1/s1. The molecule has 3 saturated heterocycles. The average Bonchev–Trinajstić information content (AvgIpc) is 3.17. The second-order valence-corrected chi connectivity index (χ2v) is 8.48. The molecule has 7 nitrogen and oxygen atoms in total. The van der Waals surface area contributed by atoms with E-state index in [-0.39, 0.29) is 18.3 Å². The van der Waals surface area contributed by atoms with Crippen molar-refractivity contribution in [3.05, 3.63) is 29.8 Å². The molecular weight excluding hydrogens is 364 g/mol. The molecule has 0 aliphatic carbocycles. The van der Waals surface area contributed by atoms with Gasteiger partial charge in [-0.3, -0.25) is 0 Å². The van der Waals surface area contributed by atoms with Crippen molar-refractivity contribution in [2.75, 3.05) is 20.8 Å². The summed E-state index contributed by atoms with van der Waals surface area (Å²) in [6.07, 6.45) is -0.628. The topological polar surface area (TPSA) is 64.6 Å². The van der Waals surface area contributed by atoms with E-state index in [0.29, 0.717) is 13.0 Å². The maximum Gasteiger partial charge on any atom is 0.197 e. The lowest BCUT2D eigenvalue weighted by molar-refractivity contribution is -0.322. The van der Waals surface area contributed by atoms with Crippen molar-refractivity contribution < 1.29 is 33.2 Å². The molecule has 1 aromatic carbocycles. The monoisotopic (exact) mass is 394 g/mol. The fraction of sp³-hybridized carbons (Fsp3) is 0.714. The Morgan fingerprint density at radius 1 is 0.821 bits per heavy atom. The smallest absolute Gasteiger partial charge is 0.197 e. The summed E-state index contributed by atoms with van der Waals surface area (Å²) in [5.41, 5.74) is 0.894. The number of hydrogen-bond donors (Lipinski definition) is 0. The minimum absolute atomic E-state index is 0.192. The van der Waals surface area contributed by atoms with Gasteiger partial charge < -0.3 is 33.2 Å².